The van der Waals surface area contributed by atoms with E-state index in [1.807, 2.05) is 19.9 Å². The van der Waals surface area contributed by atoms with Crippen LogP contribution >= 0.6 is 34.7 Å². The first-order valence-electron chi connectivity index (χ1n) is 12.1. The van der Waals surface area contributed by atoms with Crippen LogP contribution in [-0.2, 0) is 4.79 Å². The summed E-state index contributed by atoms with van der Waals surface area (Å²) in [5, 5.41) is 19.2. The van der Waals surface area contributed by atoms with Crippen molar-refractivity contribution in [2.45, 2.75) is 36.9 Å². The van der Waals surface area contributed by atoms with E-state index in [4.69, 9.17) is 17.3 Å². The van der Waals surface area contributed by atoms with Crippen LogP contribution in [0.15, 0.2) is 75.5 Å². The van der Waals surface area contributed by atoms with Crippen molar-refractivity contribution in [3.8, 4) is 6.07 Å². The highest BCUT2D eigenvalue weighted by molar-refractivity contribution is 8.01. The largest absolute Gasteiger partial charge is 0.384 e. The lowest BCUT2D eigenvalue weighted by Crippen LogP contribution is -2.42. The van der Waals surface area contributed by atoms with Gasteiger partial charge in [0, 0.05) is 33.8 Å². The Morgan fingerprint density at radius 3 is 2.67 bits per heavy atom. The van der Waals surface area contributed by atoms with Crippen LogP contribution in [0, 0.1) is 22.6 Å². The number of Topliss-reactive ketones (excluding diaryl/α,β-unsaturated/α-hetero) is 2. The van der Waals surface area contributed by atoms with E-state index in [1.54, 1.807) is 29.2 Å². The Morgan fingerprint density at radius 2 is 1.97 bits per heavy atom. The van der Waals surface area contributed by atoms with Crippen LogP contribution in [0.1, 0.15) is 48.5 Å². The number of benzene rings is 2. The molecule has 198 valence electrons. The molecule has 0 spiro atoms. The van der Waals surface area contributed by atoms with Gasteiger partial charge in [-0.05, 0) is 24.0 Å². The van der Waals surface area contributed by atoms with Gasteiger partial charge in [-0.15, -0.1) is 10.2 Å². The number of nitriles is 1. The standard InChI is InChI=1S/C28H23ClFN5O2S2/c1-28(2)11-19-24(20(36)12-28)22(23-17(29)9-6-10-18(23)30)16(13-31)25(32)35(19)26-33-34-27(39-26)38-14-21(37)15-7-4-3-5-8-15/h3-10,22H,11-12,14,32H2,1-2H3. The minimum Gasteiger partial charge on any atom is -0.384 e. The number of hydrogen-bond acceptors (Lipinski definition) is 9. The van der Waals surface area contributed by atoms with Crippen LogP contribution in [0.3, 0.4) is 0 Å². The van der Waals surface area contributed by atoms with Crippen molar-refractivity contribution < 1.29 is 14.0 Å². The maximum atomic E-state index is 15.2. The quantitative estimate of drug-likeness (QED) is 0.269. The van der Waals surface area contributed by atoms with Gasteiger partial charge in [-0.25, -0.2) is 4.39 Å². The van der Waals surface area contributed by atoms with Gasteiger partial charge in [0.15, 0.2) is 15.9 Å². The van der Waals surface area contributed by atoms with Gasteiger partial charge in [-0.1, -0.05) is 84.9 Å². The summed E-state index contributed by atoms with van der Waals surface area (Å²) >= 11 is 8.86. The fourth-order valence-electron chi connectivity index (χ4n) is 4.99. The van der Waals surface area contributed by atoms with Crippen LogP contribution in [-0.4, -0.2) is 27.5 Å². The Hall–Kier alpha value is -3.52. The summed E-state index contributed by atoms with van der Waals surface area (Å²) in [7, 11) is 0. The van der Waals surface area contributed by atoms with Crippen LogP contribution < -0.4 is 10.6 Å². The lowest BCUT2D eigenvalue weighted by molar-refractivity contribution is -0.118. The second kappa shape index (κ2) is 10.6. The monoisotopic (exact) mass is 579 g/mol. The lowest BCUT2D eigenvalue weighted by atomic mass is 9.68. The molecule has 5 rings (SSSR count). The molecule has 2 N–H and O–H groups in total. The highest BCUT2D eigenvalue weighted by atomic mass is 35.5. The van der Waals surface area contributed by atoms with Crippen LogP contribution in [0.25, 0.3) is 0 Å². The summed E-state index contributed by atoms with van der Waals surface area (Å²) in [6, 6.07) is 15.3. The maximum absolute atomic E-state index is 15.2. The number of nitrogens with zero attached hydrogens (tertiary/aromatic N) is 4. The van der Waals surface area contributed by atoms with E-state index in [0.29, 0.717) is 27.2 Å². The molecule has 0 saturated carbocycles. The zero-order chi connectivity index (χ0) is 27.9. The molecule has 0 saturated heterocycles. The molecule has 1 aliphatic heterocycles. The van der Waals surface area contributed by atoms with Crippen molar-refractivity contribution in [3.63, 3.8) is 0 Å². The van der Waals surface area contributed by atoms with E-state index in [2.05, 4.69) is 16.3 Å². The summed E-state index contributed by atoms with van der Waals surface area (Å²) in [6.45, 7) is 3.93. The van der Waals surface area contributed by atoms with Crippen molar-refractivity contribution >= 4 is 51.4 Å². The van der Waals surface area contributed by atoms with Gasteiger partial charge in [-0.2, -0.15) is 5.26 Å². The molecule has 7 nitrogen and oxygen atoms in total. The molecule has 1 aromatic heterocycles. The highest BCUT2D eigenvalue weighted by Crippen LogP contribution is 2.52. The van der Waals surface area contributed by atoms with Gasteiger partial charge < -0.3 is 5.73 Å². The summed E-state index contributed by atoms with van der Waals surface area (Å²) in [5.74, 6) is -1.70. The van der Waals surface area contributed by atoms with Crippen molar-refractivity contribution in [2.24, 2.45) is 11.1 Å². The Morgan fingerprint density at radius 1 is 1.23 bits per heavy atom. The number of hydrogen-bond donors (Lipinski definition) is 1. The molecule has 11 heteroatoms. The van der Waals surface area contributed by atoms with Gasteiger partial charge >= 0.3 is 0 Å². The molecule has 1 atom stereocenters. The maximum Gasteiger partial charge on any atom is 0.219 e. The molecular weight excluding hydrogens is 557 g/mol. The Kier molecular flexibility index (Phi) is 7.33. The average molecular weight is 580 g/mol. The second-order valence-electron chi connectivity index (χ2n) is 10.0. The molecule has 2 aromatic carbocycles. The third kappa shape index (κ3) is 5.10. The number of allylic oxidation sites excluding steroid dienone is 3. The van der Waals surface area contributed by atoms with E-state index in [-0.39, 0.29) is 51.3 Å². The number of ketones is 2. The minimum atomic E-state index is -1.04. The average Bonchev–Trinajstić information content (AvgIpc) is 3.35. The first-order valence-corrected chi connectivity index (χ1v) is 14.2. The number of aromatic nitrogens is 2. The smallest absolute Gasteiger partial charge is 0.219 e. The predicted octanol–water partition coefficient (Wildman–Crippen LogP) is 6.25. The highest BCUT2D eigenvalue weighted by Gasteiger charge is 2.46. The molecule has 1 aliphatic carbocycles. The number of rotatable bonds is 6. The third-order valence-electron chi connectivity index (χ3n) is 6.68. The number of anilines is 1. The number of thioether (sulfide) groups is 1. The number of halogens is 2. The fraction of sp³-hybridized carbons (Fsp3) is 0.250. The fourth-order valence-corrected chi connectivity index (χ4v) is 7.04. The first-order chi connectivity index (χ1) is 18.6. The molecule has 0 radical (unpaired) electrons. The van der Waals surface area contributed by atoms with E-state index in [9.17, 15) is 14.9 Å². The Balaban J connectivity index is 1.57. The van der Waals surface area contributed by atoms with Crippen molar-refractivity contribution in [2.75, 3.05) is 10.7 Å². The molecule has 3 aromatic rings. The van der Waals surface area contributed by atoms with Crippen molar-refractivity contribution in [3.05, 3.63) is 93.2 Å². The SMILES string of the molecule is CC1(C)CC(=O)C2=C(C1)N(c1nnc(SCC(=O)c3ccccc3)s1)C(N)=C(C#N)C2c1c(F)cccc1Cl. The molecule has 1 unspecified atom stereocenters. The number of nitrogens with two attached hydrogens (primary N) is 1. The molecule has 2 aliphatic rings. The molecular formula is C28H23ClFN5O2S2. The topological polar surface area (TPSA) is 113 Å². The molecule has 0 amide bonds. The molecule has 0 fully saturated rings. The van der Waals surface area contributed by atoms with Crippen LogP contribution in [0.5, 0.6) is 0 Å². The zero-order valence-electron chi connectivity index (χ0n) is 21.1. The van der Waals surface area contributed by atoms with Gasteiger partial charge in [0.2, 0.25) is 5.13 Å². The summed E-state index contributed by atoms with van der Waals surface area (Å²) in [6.07, 6.45) is 0.657. The Bertz CT molecular complexity index is 1570. The second-order valence-corrected chi connectivity index (χ2v) is 12.6. The third-order valence-corrected chi connectivity index (χ3v) is 9.05. The predicted molar refractivity (Wildman–Crippen MR) is 150 cm³/mol. The van der Waals surface area contributed by atoms with Crippen molar-refractivity contribution in [1.29, 1.82) is 5.26 Å². The Labute approximate surface area is 238 Å². The molecule has 39 heavy (non-hydrogen) atoms. The van der Waals surface area contributed by atoms with Crippen molar-refractivity contribution in [1.82, 2.24) is 10.2 Å². The lowest BCUT2D eigenvalue weighted by Gasteiger charge is -2.42. The van der Waals surface area contributed by atoms with Gasteiger partial charge in [0.1, 0.15) is 11.6 Å². The normalized spacial score (nSPS) is 18.7. The summed E-state index contributed by atoms with van der Waals surface area (Å²) in [4.78, 5) is 27.8. The van der Waals surface area contributed by atoms with Crippen LogP contribution in [0.4, 0.5) is 9.52 Å². The number of carbonyl (C=O) groups excluding carboxylic acids is 2. The van der Waals surface area contributed by atoms with E-state index < -0.39 is 17.2 Å². The number of carbonyl (C=O) groups is 2. The first kappa shape index (κ1) is 27.1. The summed E-state index contributed by atoms with van der Waals surface area (Å²) < 4.78 is 15.7. The van der Waals surface area contributed by atoms with E-state index in [0.717, 1.165) is 0 Å². The molecule has 0 bridgehead atoms. The minimum absolute atomic E-state index is 0.0115. The van der Waals surface area contributed by atoms with Crippen LogP contribution in [0.2, 0.25) is 5.02 Å². The van der Waals surface area contributed by atoms with Gasteiger partial charge in [-0.3, -0.25) is 14.5 Å². The summed E-state index contributed by atoms with van der Waals surface area (Å²) in [5.41, 5.74) is 7.68. The van der Waals surface area contributed by atoms with E-state index in [1.165, 1.54) is 41.3 Å². The zero-order valence-corrected chi connectivity index (χ0v) is 23.5. The molecule has 2 heterocycles. The van der Waals surface area contributed by atoms with E-state index >= 15 is 4.39 Å². The van der Waals surface area contributed by atoms with Gasteiger partial charge in [0.25, 0.3) is 0 Å². The van der Waals surface area contributed by atoms with Gasteiger partial charge in [0.05, 0.1) is 23.3 Å².